The van der Waals surface area contributed by atoms with Gasteiger partial charge < -0.3 is 39.4 Å². The minimum atomic E-state index is -2.61. The Labute approximate surface area is 273 Å². The van der Waals surface area contributed by atoms with E-state index in [1.54, 1.807) is 0 Å². The number of amides is 2. The molecule has 0 radical (unpaired) electrons. The van der Waals surface area contributed by atoms with Crippen LogP contribution in [-0.2, 0) is 54.3 Å². The van der Waals surface area contributed by atoms with E-state index in [1.807, 2.05) is 0 Å². The van der Waals surface area contributed by atoms with Crippen LogP contribution in [0.15, 0.2) is 48.5 Å². The molecule has 0 spiro atoms. The minimum Gasteiger partial charge on any atom is -0.477 e. The molecule has 254 valence electrons. The zero-order valence-corrected chi connectivity index (χ0v) is 26.6. The molecule has 0 saturated carbocycles. The van der Waals surface area contributed by atoms with Gasteiger partial charge in [-0.05, 0) is 42.0 Å². The van der Waals surface area contributed by atoms with Gasteiger partial charge in [0.05, 0.1) is 25.6 Å². The third-order valence-electron chi connectivity index (χ3n) is 6.83. The predicted octanol–water partition coefficient (Wildman–Crippen LogP) is 2.30. The lowest BCUT2D eigenvalue weighted by molar-refractivity contribution is -0.315. The van der Waals surface area contributed by atoms with Crippen LogP contribution in [0.1, 0.15) is 50.0 Å². The molecule has 14 nitrogen and oxygen atoms in total. The number of carbonyl (C=O) groups is 6. The van der Waals surface area contributed by atoms with E-state index in [0.717, 1.165) is 39.8 Å². The predicted molar refractivity (Wildman–Crippen MR) is 159 cm³/mol. The van der Waals surface area contributed by atoms with Crippen molar-refractivity contribution in [3.63, 3.8) is 0 Å². The Morgan fingerprint density at radius 1 is 0.957 bits per heavy atom. The van der Waals surface area contributed by atoms with E-state index in [9.17, 15) is 38.3 Å². The second-order valence-electron chi connectivity index (χ2n) is 10.6. The average molecular weight is 681 g/mol. The van der Waals surface area contributed by atoms with Crippen LogP contribution in [-0.4, -0.2) is 83.6 Å². The fraction of sp³-hybridized carbons (Fsp3) is 0.419. The number of nitrogens with one attached hydrogen (secondary N) is 2. The van der Waals surface area contributed by atoms with Gasteiger partial charge in [0.15, 0.2) is 12.2 Å². The van der Waals surface area contributed by atoms with E-state index >= 15 is 0 Å². The van der Waals surface area contributed by atoms with E-state index in [2.05, 4.69) is 10.6 Å². The largest absolute Gasteiger partial charge is 0.477 e. The summed E-state index contributed by atoms with van der Waals surface area (Å²) < 4.78 is 41.7. The number of carbonyl (C=O) groups excluding carboxylic acids is 5. The molecule has 2 amide bonds. The van der Waals surface area contributed by atoms with Gasteiger partial charge in [0.25, 0.3) is 11.7 Å². The van der Waals surface area contributed by atoms with Gasteiger partial charge in [-0.2, -0.15) is 0 Å². The van der Waals surface area contributed by atoms with Gasteiger partial charge in [-0.15, -0.1) is 0 Å². The summed E-state index contributed by atoms with van der Waals surface area (Å²) in [5.74, 6) is -8.84. The number of hydrogen-bond acceptors (Lipinski definition) is 11. The smallest absolute Gasteiger partial charge is 0.364 e. The first-order valence-corrected chi connectivity index (χ1v) is 14.6. The number of ether oxygens (including phenoxy) is 5. The SMILES string of the molecule is CC(=O)N[C@H]1[C@H]([C@H](OC(C)=O)[C@@H](CNC(=O)c2ccc(Cl)cc2)OC(C)=O)O[C@@](OCc2ccc(F)cc2)(C(=O)O)C[C@@H]1OC(C)=O. The number of rotatable bonds is 13. The minimum absolute atomic E-state index is 0.180. The molecule has 1 aliphatic rings. The van der Waals surface area contributed by atoms with Crippen molar-refractivity contribution in [2.75, 3.05) is 6.54 Å². The molecule has 0 aliphatic carbocycles. The second-order valence-corrected chi connectivity index (χ2v) is 11.0. The van der Waals surface area contributed by atoms with Crippen molar-refractivity contribution in [3.05, 3.63) is 70.5 Å². The van der Waals surface area contributed by atoms with Gasteiger partial charge in [0.1, 0.15) is 18.0 Å². The fourth-order valence-corrected chi connectivity index (χ4v) is 5.03. The third-order valence-corrected chi connectivity index (χ3v) is 7.08. The number of benzene rings is 2. The maximum atomic E-state index is 13.5. The molecule has 0 aromatic heterocycles. The van der Waals surface area contributed by atoms with Gasteiger partial charge in [0.2, 0.25) is 5.91 Å². The highest BCUT2D eigenvalue weighted by molar-refractivity contribution is 6.30. The highest BCUT2D eigenvalue weighted by Gasteiger charge is 2.58. The van der Waals surface area contributed by atoms with Crippen LogP contribution in [0.4, 0.5) is 4.39 Å². The van der Waals surface area contributed by atoms with Crippen molar-refractivity contribution < 1.29 is 61.9 Å². The van der Waals surface area contributed by atoms with Crippen molar-refractivity contribution in [1.29, 1.82) is 0 Å². The summed E-state index contributed by atoms with van der Waals surface area (Å²) in [6.07, 6.45) is -7.14. The van der Waals surface area contributed by atoms with Crippen molar-refractivity contribution in [3.8, 4) is 0 Å². The standard InChI is InChI=1S/C31H34ClFN2O12/c1-16(36)35-26-24(44-17(2)37)13-31(30(41)42,43-15-20-5-11-23(33)12-6-20)47-28(26)27(46-19(4)39)25(45-18(3)38)14-34-29(40)21-7-9-22(32)10-8-21/h5-12,24-28H,13-15H2,1-4H3,(H,34,40)(H,35,36)(H,41,42)/t24-,25+,26+,27+,28+,31+/m0/s1. The number of hydrogen-bond donors (Lipinski definition) is 3. The zero-order valence-electron chi connectivity index (χ0n) is 25.8. The van der Waals surface area contributed by atoms with Crippen molar-refractivity contribution in [2.45, 2.75) is 77.0 Å². The van der Waals surface area contributed by atoms with Crippen LogP contribution in [0.2, 0.25) is 5.02 Å². The molecule has 6 atom stereocenters. The Bertz CT molecular complexity index is 1470. The summed E-state index contributed by atoms with van der Waals surface area (Å²) in [5, 5.41) is 15.9. The Kier molecular flexibility index (Phi) is 12.8. The molecule has 1 saturated heterocycles. The van der Waals surface area contributed by atoms with E-state index in [-0.39, 0.29) is 5.56 Å². The zero-order chi connectivity index (χ0) is 34.9. The Balaban J connectivity index is 2.09. The van der Waals surface area contributed by atoms with E-state index in [4.69, 9.17) is 35.3 Å². The molecular formula is C31H34ClFN2O12. The summed E-state index contributed by atoms with van der Waals surface area (Å²) in [7, 11) is 0. The molecule has 2 aromatic carbocycles. The Morgan fingerprint density at radius 3 is 2.11 bits per heavy atom. The maximum absolute atomic E-state index is 13.5. The number of carboxylic acids is 1. The molecule has 0 bridgehead atoms. The van der Waals surface area contributed by atoms with Gasteiger partial charge >= 0.3 is 23.9 Å². The molecule has 47 heavy (non-hydrogen) atoms. The topological polar surface area (TPSA) is 193 Å². The molecule has 0 unspecified atom stereocenters. The molecule has 16 heteroatoms. The summed E-state index contributed by atoms with van der Waals surface area (Å²) in [6.45, 7) is 3.30. The first-order chi connectivity index (χ1) is 22.1. The van der Waals surface area contributed by atoms with E-state index in [1.165, 1.54) is 36.4 Å². The van der Waals surface area contributed by atoms with Crippen molar-refractivity contribution in [2.24, 2.45) is 0 Å². The Morgan fingerprint density at radius 2 is 1.57 bits per heavy atom. The lowest BCUT2D eigenvalue weighted by atomic mass is 9.87. The van der Waals surface area contributed by atoms with Gasteiger partial charge in [-0.3, -0.25) is 24.0 Å². The van der Waals surface area contributed by atoms with E-state index in [0.29, 0.717) is 10.6 Å². The lowest BCUT2D eigenvalue weighted by Crippen LogP contribution is -2.69. The molecule has 1 fully saturated rings. The van der Waals surface area contributed by atoms with Crippen LogP contribution < -0.4 is 10.6 Å². The van der Waals surface area contributed by atoms with Gasteiger partial charge in [0, 0.05) is 38.3 Å². The number of aliphatic carboxylic acids is 1. The highest BCUT2D eigenvalue weighted by Crippen LogP contribution is 2.37. The van der Waals surface area contributed by atoms with Crippen LogP contribution in [0.25, 0.3) is 0 Å². The molecule has 3 N–H and O–H groups in total. The highest BCUT2D eigenvalue weighted by atomic mass is 35.5. The summed E-state index contributed by atoms with van der Waals surface area (Å²) in [6, 6.07) is 9.36. The van der Waals surface area contributed by atoms with Crippen molar-refractivity contribution in [1.82, 2.24) is 10.6 Å². The van der Waals surface area contributed by atoms with Crippen LogP contribution in [0, 0.1) is 5.82 Å². The van der Waals surface area contributed by atoms with Crippen LogP contribution >= 0.6 is 11.6 Å². The average Bonchev–Trinajstić information content (AvgIpc) is 2.98. The molecular weight excluding hydrogens is 647 g/mol. The summed E-state index contributed by atoms with van der Waals surface area (Å²) in [5.41, 5.74) is 0.526. The van der Waals surface area contributed by atoms with Gasteiger partial charge in [-0.1, -0.05) is 23.7 Å². The van der Waals surface area contributed by atoms with Crippen molar-refractivity contribution >= 4 is 47.3 Å². The first kappa shape index (κ1) is 36.9. The van der Waals surface area contributed by atoms with Gasteiger partial charge in [-0.25, -0.2) is 9.18 Å². The molecule has 2 aromatic rings. The maximum Gasteiger partial charge on any atom is 0.364 e. The number of esters is 3. The quantitative estimate of drug-likeness (QED) is 0.207. The normalized spacial score (nSPS) is 21.8. The monoisotopic (exact) mass is 680 g/mol. The second kappa shape index (κ2) is 16.3. The Hall–Kier alpha value is -4.60. The van der Waals surface area contributed by atoms with Crippen LogP contribution in [0.5, 0.6) is 0 Å². The first-order valence-electron chi connectivity index (χ1n) is 14.2. The number of halogens is 2. The molecule has 3 rings (SSSR count). The molecule has 1 heterocycles. The van der Waals surface area contributed by atoms with E-state index < -0.39 is 97.3 Å². The summed E-state index contributed by atoms with van der Waals surface area (Å²) >= 11 is 5.90. The number of carboxylic acid groups (broad SMARTS) is 1. The lowest BCUT2D eigenvalue weighted by Gasteiger charge is -2.48. The molecule has 1 aliphatic heterocycles. The summed E-state index contributed by atoms with van der Waals surface area (Å²) in [4.78, 5) is 75.0. The van der Waals surface area contributed by atoms with Crippen LogP contribution in [0.3, 0.4) is 0 Å². The fourth-order valence-electron chi connectivity index (χ4n) is 4.91. The third kappa shape index (κ3) is 10.5.